The summed E-state index contributed by atoms with van der Waals surface area (Å²) in [6.07, 6.45) is 1.74. The largest absolute Gasteiger partial charge is 0.445 e. The molecule has 0 radical (unpaired) electrons. The summed E-state index contributed by atoms with van der Waals surface area (Å²) in [5.74, 6) is 0.235. The Kier molecular flexibility index (Phi) is 4.78. The molecule has 0 unspecified atom stereocenters. The maximum Gasteiger partial charge on any atom is 0.410 e. The van der Waals surface area contributed by atoms with Crippen LogP contribution < -0.4 is 4.90 Å². The Balaban J connectivity index is 1.34. The van der Waals surface area contributed by atoms with Crippen molar-refractivity contribution in [3.05, 3.63) is 66.0 Å². The molecular weight excluding hydrogens is 331 g/mol. The molecule has 0 bridgehead atoms. The molecule has 0 aromatic heterocycles. The summed E-state index contributed by atoms with van der Waals surface area (Å²) in [6.45, 7) is 2.70. The van der Waals surface area contributed by atoms with Crippen molar-refractivity contribution in [2.75, 3.05) is 24.5 Å². The summed E-state index contributed by atoms with van der Waals surface area (Å²) < 4.78 is 18.6. The van der Waals surface area contributed by atoms with Crippen LogP contribution in [0.3, 0.4) is 0 Å². The van der Waals surface area contributed by atoms with Crippen molar-refractivity contribution >= 4 is 11.8 Å². The monoisotopic (exact) mass is 354 g/mol. The number of hydrogen-bond acceptors (Lipinski definition) is 3. The van der Waals surface area contributed by atoms with Crippen molar-refractivity contribution in [1.29, 1.82) is 0 Å². The fourth-order valence-electron chi connectivity index (χ4n) is 4.11. The fraction of sp³-hybridized carbons (Fsp3) is 0.381. The van der Waals surface area contributed by atoms with Crippen LogP contribution in [0, 0.1) is 11.7 Å². The Morgan fingerprint density at radius 2 is 1.81 bits per heavy atom. The second kappa shape index (κ2) is 7.36. The van der Waals surface area contributed by atoms with E-state index in [1.807, 2.05) is 47.4 Å². The van der Waals surface area contributed by atoms with Crippen LogP contribution in [0.5, 0.6) is 0 Å². The number of anilines is 1. The second-order valence-electron chi connectivity index (χ2n) is 7.06. The molecule has 5 heteroatoms. The van der Waals surface area contributed by atoms with Gasteiger partial charge >= 0.3 is 6.09 Å². The van der Waals surface area contributed by atoms with E-state index in [1.165, 1.54) is 12.1 Å². The van der Waals surface area contributed by atoms with Gasteiger partial charge in [0.15, 0.2) is 0 Å². The SMILES string of the molecule is O=C(OCc1ccccc1)N1CC[C@@H]2[C@@H](CCN2c2ccc(F)cc2)C1. The third-order valence-corrected chi connectivity index (χ3v) is 5.46. The Hall–Kier alpha value is -2.56. The minimum Gasteiger partial charge on any atom is -0.445 e. The average Bonchev–Trinajstić information content (AvgIpc) is 3.11. The highest BCUT2D eigenvalue weighted by atomic mass is 19.1. The number of likely N-dealkylation sites (tertiary alicyclic amines) is 1. The summed E-state index contributed by atoms with van der Waals surface area (Å²) in [5.41, 5.74) is 2.07. The average molecular weight is 354 g/mol. The van der Waals surface area contributed by atoms with Crippen LogP contribution in [-0.2, 0) is 11.3 Å². The zero-order valence-corrected chi connectivity index (χ0v) is 14.7. The van der Waals surface area contributed by atoms with Gasteiger partial charge in [-0.05, 0) is 48.6 Å². The first-order chi connectivity index (χ1) is 12.7. The summed E-state index contributed by atoms with van der Waals surface area (Å²) in [5, 5.41) is 0. The lowest BCUT2D eigenvalue weighted by Crippen LogP contribution is -2.48. The molecule has 2 atom stereocenters. The minimum absolute atomic E-state index is 0.208. The first-order valence-corrected chi connectivity index (χ1v) is 9.18. The smallest absolute Gasteiger partial charge is 0.410 e. The molecule has 0 saturated carbocycles. The molecule has 136 valence electrons. The van der Waals surface area contributed by atoms with Crippen molar-refractivity contribution in [2.45, 2.75) is 25.5 Å². The molecule has 2 saturated heterocycles. The van der Waals surface area contributed by atoms with E-state index >= 15 is 0 Å². The summed E-state index contributed by atoms with van der Waals surface area (Å²) in [7, 11) is 0. The molecule has 26 heavy (non-hydrogen) atoms. The molecule has 4 rings (SSSR count). The van der Waals surface area contributed by atoms with Gasteiger partial charge in [-0.15, -0.1) is 0 Å². The van der Waals surface area contributed by atoms with Crippen molar-refractivity contribution in [2.24, 2.45) is 5.92 Å². The van der Waals surface area contributed by atoms with Gasteiger partial charge in [-0.25, -0.2) is 9.18 Å². The number of ether oxygens (including phenoxy) is 1. The number of carbonyl (C=O) groups excluding carboxylic acids is 1. The number of halogens is 1. The fourth-order valence-corrected chi connectivity index (χ4v) is 4.11. The topological polar surface area (TPSA) is 32.8 Å². The van der Waals surface area contributed by atoms with Gasteiger partial charge in [-0.2, -0.15) is 0 Å². The Labute approximate surface area is 153 Å². The number of rotatable bonds is 3. The van der Waals surface area contributed by atoms with Gasteiger partial charge in [0, 0.05) is 31.4 Å². The molecule has 4 nitrogen and oxygen atoms in total. The molecule has 2 heterocycles. The van der Waals surface area contributed by atoms with Gasteiger partial charge in [-0.1, -0.05) is 30.3 Å². The normalized spacial score (nSPS) is 22.2. The predicted octanol–water partition coefficient (Wildman–Crippen LogP) is 4.06. The van der Waals surface area contributed by atoms with Crippen molar-refractivity contribution in [3.63, 3.8) is 0 Å². The third kappa shape index (κ3) is 3.52. The molecule has 0 aliphatic carbocycles. The quantitative estimate of drug-likeness (QED) is 0.833. The predicted molar refractivity (Wildman–Crippen MR) is 98.5 cm³/mol. The molecule has 2 aromatic carbocycles. The molecule has 2 fully saturated rings. The Morgan fingerprint density at radius 3 is 2.58 bits per heavy atom. The van der Waals surface area contributed by atoms with Crippen molar-refractivity contribution < 1.29 is 13.9 Å². The number of amides is 1. The number of fused-ring (bicyclic) bond motifs is 1. The second-order valence-corrected chi connectivity index (χ2v) is 7.06. The van der Waals surface area contributed by atoms with Gasteiger partial charge in [-0.3, -0.25) is 0 Å². The maximum absolute atomic E-state index is 13.2. The van der Waals surface area contributed by atoms with E-state index in [2.05, 4.69) is 4.90 Å². The number of hydrogen-bond donors (Lipinski definition) is 0. The number of piperidine rings is 1. The molecule has 2 aliphatic heterocycles. The van der Waals surface area contributed by atoms with Gasteiger partial charge in [0.1, 0.15) is 12.4 Å². The number of carbonyl (C=O) groups is 1. The molecule has 1 amide bonds. The third-order valence-electron chi connectivity index (χ3n) is 5.46. The highest BCUT2D eigenvalue weighted by Crippen LogP contribution is 2.35. The Bertz CT molecular complexity index is 750. The van der Waals surface area contributed by atoms with Crippen LogP contribution in [-0.4, -0.2) is 36.7 Å². The first kappa shape index (κ1) is 16.9. The molecule has 2 aromatic rings. The van der Waals surface area contributed by atoms with Gasteiger partial charge < -0.3 is 14.5 Å². The van der Waals surface area contributed by atoms with Crippen LogP contribution in [0.15, 0.2) is 54.6 Å². The van der Waals surface area contributed by atoms with Crippen molar-refractivity contribution in [1.82, 2.24) is 4.90 Å². The number of benzene rings is 2. The molecule has 2 aliphatic rings. The van der Waals surface area contributed by atoms with Crippen LogP contribution >= 0.6 is 0 Å². The van der Waals surface area contributed by atoms with Crippen LogP contribution in [0.25, 0.3) is 0 Å². The first-order valence-electron chi connectivity index (χ1n) is 9.18. The Morgan fingerprint density at radius 1 is 1.04 bits per heavy atom. The van der Waals surface area contributed by atoms with E-state index in [4.69, 9.17) is 4.74 Å². The molecule has 0 spiro atoms. The van der Waals surface area contributed by atoms with E-state index in [1.54, 1.807) is 0 Å². The maximum atomic E-state index is 13.2. The highest BCUT2D eigenvalue weighted by Gasteiger charge is 2.39. The van der Waals surface area contributed by atoms with Crippen LogP contribution in [0.2, 0.25) is 0 Å². The number of nitrogens with zero attached hydrogens (tertiary/aromatic N) is 2. The van der Waals surface area contributed by atoms with Gasteiger partial charge in [0.05, 0.1) is 0 Å². The van der Waals surface area contributed by atoms with Gasteiger partial charge in [0.25, 0.3) is 0 Å². The zero-order chi connectivity index (χ0) is 17.9. The van der Waals surface area contributed by atoms with Crippen LogP contribution in [0.1, 0.15) is 18.4 Å². The summed E-state index contributed by atoms with van der Waals surface area (Å²) in [6, 6.07) is 16.9. The lowest BCUT2D eigenvalue weighted by Gasteiger charge is -2.38. The molecule has 0 N–H and O–H groups in total. The lowest BCUT2D eigenvalue weighted by atomic mass is 9.93. The zero-order valence-electron chi connectivity index (χ0n) is 14.7. The van der Waals surface area contributed by atoms with Crippen LogP contribution in [0.4, 0.5) is 14.9 Å². The van der Waals surface area contributed by atoms with E-state index in [0.29, 0.717) is 25.1 Å². The standard InChI is InChI=1S/C21H23FN2O2/c22-18-6-8-19(9-7-18)24-13-10-17-14-23(12-11-20(17)24)21(25)26-15-16-4-2-1-3-5-16/h1-9,17,20H,10-15H2/t17-,20+/m0/s1. The van der Waals surface area contributed by atoms with Crippen molar-refractivity contribution in [3.8, 4) is 0 Å². The summed E-state index contributed by atoms with van der Waals surface area (Å²) in [4.78, 5) is 16.6. The van der Waals surface area contributed by atoms with Gasteiger partial charge in [0.2, 0.25) is 0 Å². The van der Waals surface area contributed by atoms with E-state index in [-0.39, 0.29) is 11.9 Å². The van der Waals surface area contributed by atoms with E-state index in [9.17, 15) is 9.18 Å². The summed E-state index contributed by atoms with van der Waals surface area (Å²) >= 11 is 0. The molecular formula is C21H23FN2O2. The minimum atomic E-state index is -0.229. The highest BCUT2D eigenvalue weighted by molar-refractivity contribution is 5.68. The van der Waals surface area contributed by atoms with E-state index in [0.717, 1.165) is 37.2 Å². The van der Waals surface area contributed by atoms with E-state index < -0.39 is 0 Å². The lowest BCUT2D eigenvalue weighted by molar-refractivity contribution is 0.0780.